The summed E-state index contributed by atoms with van der Waals surface area (Å²) in [5.41, 5.74) is 5.96. The minimum absolute atomic E-state index is 0.102. The van der Waals surface area contributed by atoms with Crippen molar-refractivity contribution in [3.05, 3.63) is 0 Å². The van der Waals surface area contributed by atoms with Crippen molar-refractivity contribution in [1.29, 1.82) is 0 Å². The number of aliphatic hydroxyl groups is 1. The van der Waals surface area contributed by atoms with Gasteiger partial charge in [0.05, 0.1) is 6.04 Å². The number of hydrogen-bond donors (Lipinski definition) is 2. The van der Waals surface area contributed by atoms with Gasteiger partial charge in [0.2, 0.25) is 5.91 Å². The fourth-order valence-corrected chi connectivity index (χ4v) is 2.43. The molecule has 2 aliphatic rings. The molecule has 0 spiro atoms. The molecular formula is C11H20N2O2. The summed E-state index contributed by atoms with van der Waals surface area (Å²) in [5, 5.41) is 8.96. The number of rotatable bonds is 4. The number of nitrogens with zero attached hydrogens (tertiary/aromatic N) is 1. The van der Waals surface area contributed by atoms with Crippen LogP contribution in [0, 0.1) is 5.41 Å². The number of aliphatic hydroxyl groups excluding tert-OH is 1. The summed E-state index contributed by atoms with van der Waals surface area (Å²) in [6.45, 7) is 1.88. The van der Waals surface area contributed by atoms with Gasteiger partial charge in [-0.1, -0.05) is 0 Å². The van der Waals surface area contributed by atoms with E-state index < -0.39 is 0 Å². The fraction of sp³-hybridized carbons (Fsp3) is 0.909. The van der Waals surface area contributed by atoms with Gasteiger partial charge in [0, 0.05) is 19.7 Å². The summed E-state index contributed by atoms with van der Waals surface area (Å²) in [4.78, 5) is 13.7. The Kier molecular flexibility index (Phi) is 2.98. The Hall–Kier alpha value is -0.610. The molecule has 1 aliphatic carbocycles. The van der Waals surface area contributed by atoms with Crippen molar-refractivity contribution in [2.75, 3.05) is 19.7 Å². The molecule has 0 aromatic carbocycles. The first-order valence-corrected chi connectivity index (χ1v) is 5.82. The second-order valence-corrected chi connectivity index (χ2v) is 4.98. The smallest absolute Gasteiger partial charge is 0.239 e. The van der Waals surface area contributed by atoms with Crippen molar-refractivity contribution in [3.63, 3.8) is 0 Å². The van der Waals surface area contributed by atoms with E-state index in [0.717, 1.165) is 45.2 Å². The molecule has 2 rings (SSSR count). The SMILES string of the molecule is NC1CCCN(CC2(CCO)CC2)C1=O. The molecular weight excluding hydrogens is 192 g/mol. The highest BCUT2D eigenvalue weighted by Crippen LogP contribution is 2.49. The van der Waals surface area contributed by atoms with Gasteiger partial charge in [0.15, 0.2) is 0 Å². The third-order valence-corrected chi connectivity index (χ3v) is 3.70. The molecule has 0 bridgehead atoms. The highest BCUT2D eigenvalue weighted by Gasteiger charge is 2.44. The first kappa shape index (κ1) is 10.9. The van der Waals surface area contributed by atoms with Crippen LogP contribution in [0.15, 0.2) is 0 Å². The van der Waals surface area contributed by atoms with Crippen molar-refractivity contribution in [2.24, 2.45) is 11.1 Å². The quantitative estimate of drug-likeness (QED) is 0.694. The molecule has 1 saturated carbocycles. The number of hydrogen-bond acceptors (Lipinski definition) is 3. The van der Waals surface area contributed by atoms with Gasteiger partial charge < -0.3 is 15.7 Å². The molecule has 1 unspecified atom stereocenters. The maximum absolute atomic E-state index is 11.8. The van der Waals surface area contributed by atoms with Crippen molar-refractivity contribution < 1.29 is 9.90 Å². The zero-order valence-corrected chi connectivity index (χ0v) is 9.11. The summed E-state index contributed by atoms with van der Waals surface area (Å²) >= 11 is 0. The van der Waals surface area contributed by atoms with Crippen LogP contribution < -0.4 is 5.73 Å². The first-order valence-electron chi connectivity index (χ1n) is 5.82. The van der Waals surface area contributed by atoms with E-state index in [0.29, 0.717) is 0 Å². The lowest BCUT2D eigenvalue weighted by molar-refractivity contribution is -0.135. The Labute approximate surface area is 90.4 Å². The summed E-state index contributed by atoms with van der Waals surface area (Å²) in [6, 6.07) is -0.288. The molecule has 0 aromatic heterocycles. The van der Waals surface area contributed by atoms with Crippen molar-refractivity contribution >= 4 is 5.91 Å². The van der Waals surface area contributed by atoms with Gasteiger partial charge >= 0.3 is 0 Å². The van der Waals surface area contributed by atoms with Crippen LogP contribution >= 0.6 is 0 Å². The molecule has 1 saturated heterocycles. The maximum atomic E-state index is 11.8. The molecule has 1 aliphatic heterocycles. The monoisotopic (exact) mass is 212 g/mol. The van der Waals surface area contributed by atoms with Gasteiger partial charge in [-0.05, 0) is 37.5 Å². The largest absolute Gasteiger partial charge is 0.396 e. The lowest BCUT2D eigenvalue weighted by atomic mass is 9.99. The summed E-state index contributed by atoms with van der Waals surface area (Å²) in [7, 11) is 0. The van der Waals surface area contributed by atoms with Crippen molar-refractivity contribution in [2.45, 2.75) is 38.1 Å². The number of piperidine rings is 1. The molecule has 1 amide bonds. The Morgan fingerprint density at radius 1 is 1.53 bits per heavy atom. The van der Waals surface area contributed by atoms with Crippen LogP contribution in [0.1, 0.15) is 32.1 Å². The Morgan fingerprint density at radius 2 is 2.27 bits per heavy atom. The van der Waals surface area contributed by atoms with E-state index in [1.165, 1.54) is 0 Å². The maximum Gasteiger partial charge on any atom is 0.239 e. The topological polar surface area (TPSA) is 66.6 Å². The van der Waals surface area contributed by atoms with Crippen molar-refractivity contribution in [3.8, 4) is 0 Å². The fourth-order valence-electron chi connectivity index (χ4n) is 2.43. The highest BCUT2D eigenvalue weighted by molar-refractivity contribution is 5.82. The molecule has 0 radical (unpaired) electrons. The number of carbonyl (C=O) groups excluding carboxylic acids is 1. The molecule has 4 nitrogen and oxygen atoms in total. The molecule has 4 heteroatoms. The standard InChI is InChI=1S/C11H20N2O2/c12-9-2-1-6-13(10(9)15)8-11(3-4-11)5-7-14/h9,14H,1-8,12H2. The van der Waals surface area contributed by atoms with Crippen LogP contribution in [0.4, 0.5) is 0 Å². The van der Waals surface area contributed by atoms with Gasteiger partial charge in [-0.25, -0.2) is 0 Å². The van der Waals surface area contributed by atoms with Gasteiger partial charge in [0.25, 0.3) is 0 Å². The van der Waals surface area contributed by atoms with Crippen LogP contribution in [0.2, 0.25) is 0 Å². The predicted molar refractivity (Wildman–Crippen MR) is 57.2 cm³/mol. The Balaban J connectivity index is 1.91. The minimum atomic E-state index is -0.288. The van der Waals surface area contributed by atoms with Crippen LogP contribution in [0.3, 0.4) is 0 Å². The Morgan fingerprint density at radius 3 is 2.87 bits per heavy atom. The second kappa shape index (κ2) is 4.10. The summed E-state index contributed by atoms with van der Waals surface area (Å²) in [6.07, 6.45) is 4.95. The average Bonchev–Trinajstić information content (AvgIpc) is 2.94. The highest BCUT2D eigenvalue weighted by atomic mass is 16.3. The third kappa shape index (κ3) is 2.32. The van der Waals surface area contributed by atoms with Gasteiger partial charge in [-0.15, -0.1) is 0 Å². The number of amides is 1. The van der Waals surface area contributed by atoms with E-state index >= 15 is 0 Å². The van der Waals surface area contributed by atoms with E-state index in [-0.39, 0.29) is 24.0 Å². The summed E-state index contributed by atoms with van der Waals surface area (Å²) < 4.78 is 0. The second-order valence-electron chi connectivity index (χ2n) is 4.98. The molecule has 15 heavy (non-hydrogen) atoms. The zero-order chi connectivity index (χ0) is 10.9. The van der Waals surface area contributed by atoms with Crippen molar-refractivity contribution in [1.82, 2.24) is 4.90 Å². The Bertz CT molecular complexity index is 251. The molecule has 1 heterocycles. The first-order chi connectivity index (χ1) is 7.17. The van der Waals surface area contributed by atoms with E-state index in [9.17, 15) is 4.79 Å². The molecule has 3 N–H and O–H groups in total. The van der Waals surface area contributed by atoms with E-state index in [4.69, 9.17) is 10.8 Å². The zero-order valence-electron chi connectivity index (χ0n) is 9.11. The third-order valence-electron chi connectivity index (χ3n) is 3.70. The van der Waals surface area contributed by atoms with Crippen LogP contribution in [-0.2, 0) is 4.79 Å². The lowest BCUT2D eigenvalue weighted by Gasteiger charge is -2.33. The van der Waals surface area contributed by atoms with Crippen LogP contribution in [-0.4, -0.2) is 41.7 Å². The number of nitrogens with two attached hydrogens (primary N) is 1. The molecule has 1 atom stereocenters. The van der Waals surface area contributed by atoms with E-state index in [2.05, 4.69) is 0 Å². The summed E-state index contributed by atoms with van der Waals surface area (Å²) in [5.74, 6) is 0.102. The molecule has 0 aromatic rings. The average molecular weight is 212 g/mol. The van der Waals surface area contributed by atoms with Gasteiger partial charge in [0.1, 0.15) is 0 Å². The molecule has 86 valence electrons. The predicted octanol–water partition coefficient (Wildman–Crippen LogP) is 0.0987. The number of likely N-dealkylation sites (tertiary alicyclic amines) is 1. The van der Waals surface area contributed by atoms with Crippen LogP contribution in [0.25, 0.3) is 0 Å². The van der Waals surface area contributed by atoms with E-state index in [1.54, 1.807) is 0 Å². The molecule has 2 fully saturated rings. The lowest BCUT2D eigenvalue weighted by Crippen LogP contribution is -2.50. The van der Waals surface area contributed by atoms with Gasteiger partial charge in [-0.3, -0.25) is 4.79 Å². The van der Waals surface area contributed by atoms with Gasteiger partial charge in [-0.2, -0.15) is 0 Å². The normalized spacial score (nSPS) is 29.3. The van der Waals surface area contributed by atoms with E-state index in [1.807, 2.05) is 4.90 Å². The number of carbonyl (C=O) groups is 1. The van der Waals surface area contributed by atoms with Crippen LogP contribution in [0.5, 0.6) is 0 Å². The minimum Gasteiger partial charge on any atom is -0.396 e.